The molecular weight excluding hydrogens is 198 g/mol. The van der Waals surface area contributed by atoms with E-state index in [-0.39, 0.29) is 0 Å². The Morgan fingerprint density at radius 3 is 2.75 bits per heavy atom. The lowest BCUT2D eigenvalue weighted by atomic mass is 9.99. The first-order chi connectivity index (χ1) is 7.93. The van der Waals surface area contributed by atoms with Crippen LogP contribution in [-0.2, 0) is 0 Å². The second-order valence-electron chi connectivity index (χ2n) is 4.88. The van der Waals surface area contributed by atoms with Gasteiger partial charge in [-0.25, -0.2) is 0 Å². The molecule has 1 aliphatic heterocycles. The summed E-state index contributed by atoms with van der Waals surface area (Å²) in [6, 6.07) is 9.68. The van der Waals surface area contributed by atoms with E-state index < -0.39 is 0 Å². The topological polar surface area (TPSA) is 21.3 Å². The summed E-state index contributed by atoms with van der Waals surface area (Å²) in [6.07, 6.45) is 6.58. The maximum absolute atomic E-state index is 5.68. The standard InChI is InChI=1S/C14H19NO/c1-2-6-11(5-1)15-13-9-10-16-14-8-4-3-7-12(13)14/h3-4,7-8,11,13,15H,1-2,5-6,9-10H2. The minimum Gasteiger partial charge on any atom is -0.493 e. The van der Waals surface area contributed by atoms with E-state index in [1.165, 1.54) is 31.2 Å². The van der Waals surface area contributed by atoms with Crippen molar-refractivity contribution in [2.45, 2.75) is 44.2 Å². The number of rotatable bonds is 2. The largest absolute Gasteiger partial charge is 0.493 e. The maximum Gasteiger partial charge on any atom is 0.124 e. The van der Waals surface area contributed by atoms with Crippen molar-refractivity contribution in [1.29, 1.82) is 0 Å². The van der Waals surface area contributed by atoms with Gasteiger partial charge in [-0.05, 0) is 18.9 Å². The van der Waals surface area contributed by atoms with Gasteiger partial charge in [0.2, 0.25) is 0 Å². The average Bonchev–Trinajstić information content (AvgIpc) is 2.82. The van der Waals surface area contributed by atoms with Crippen LogP contribution >= 0.6 is 0 Å². The molecule has 1 fully saturated rings. The van der Waals surface area contributed by atoms with Crippen molar-refractivity contribution in [3.8, 4) is 5.75 Å². The van der Waals surface area contributed by atoms with Crippen LogP contribution in [0.5, 0.6) is 5.75 Å². The third kappa shape index (κ3) is 1.94. The van der Waals surface area contributed by atoms with Gasteiger partial charge < -0.3 is 10.1 Å². The highest BCUT2D eigenvalue weighted by molar-refractivity contribution is 5.37. The molecule has 1 aromatic carbocycles. The van der Waals surface area contributed by atoms with Gasteiger partial charge in [0.05, 0.1) is 6.61 Å². The molecule has 1 saturated carbocycles. The summed E-state index contributed by atoms with van der Waals surface area (Å²) in [6.45, 7) is 0.849. The summed E-state index contributed by atoms with van der Waals surface area (Å²) in [5, 5.41) is 3.79. The van der Waals surface area contributed by atoms with E-state index in [9.17, 15) is 0 Å². The van der Waals surface area contributed by atoms with Crippen LogP contribution in [0.1, 0.15) is 43.7 Å². The molecule has 0 radical (unpaired) electrons. The Morgan fingerprint density at radius 2 is 1.88 bits per heavy atom. The van der Waals surface area contributed by atoms with E-state index in [0.717, 1.165) is 24.8 Å². The smallest absolute Gasteiger partial charge is 0.124 e. The zero-order chi connectivity index (χ0) is 10.8. The highest BCUT2D eigenvalue weighted by Gasteiger charge is 2.24. The van der Waals surface area contributed by atoms with E-state index in [1.807, 2.05) is 0 Å². The molecule has 1 atom stereocenters. The minimum atomic E-state index is 0.507. The van der Waals surface area contributed by atoms with Crippen LogP contribution in [0, 0.1) is 0 Å². The van der Waals surface area contributed by atoms with E-state index in [2.05, 4.69) is 29.6 Å². The van der Waals surface area contributed by atoms with Crippen molar-refractivity contribution < 1.29 is 4.74 Å². The first-order valence-corrected chi connectivity index (χ1v) is 6.41. The Kier molecular flexibility index (Phi) is 2.83. The van der Waals surface area contributed by atoms with Crippen molar-refractivity contribution in [2.24, 2.45) is 0 Å². The third-order valence-corrected chi connectivity index (χ3v) is 3.75. The fourth-order valence-electron chi connectivity index (χ4n) is 2.89. The number of hydrogen-bond acceptors (Lipinski definition) is 2. The summed E-state index contributed by atoms with van der Waals surface area (Å²) in [4.78, 5) is 0. The van der Waals surface area contributed by atoms with Crippen molar-refractivity contribution in [3.63, 3.8) is 0 Å². The second kappa shape index (κ2) is 4.46. The van der Waals surface area contributed by atoms with Gasteiger partial charge in [0.25, 0.3) is 0 Å². The molecule has 2 aliphatic rings. The van der Waals surface area contributed by atoms with Crippen LogP contribution in [0.2, 0.25) is 0 Å². The molecule has 86 valence electrons. The molecule has 0 saturated heterocycles. The summed E-state index contributed by atoms with van der Waals surface area (Å²) < 4.78 is 5.68. The lowest BCUT2D eigenvalue weighted by molar-refractivity contribution is 0.244. The monoisotopic (exact) mass is 217 g/mol. The third-order valence-electron chi connectivity index (χ3n) is 3.75. The summed E-state index contributed by atoms with van der Waals surface area (Å²) in [7, 11) is 0. The minimum absolute atomic E-state index is 0.507. The molecule has 0 bridgehead atoms. The average molecular weight is 217 g/mol. The van der Waals surface area contributed by atoms with E-state index >= 15 is 0 Å². The first kappa shape index (κ1) is 10.2. The quantitative estimate of drug-likeness (QED) is 0.822. The molecule has 1 aromatic rings. The SMILES string of the molecule is c1ccc2c(c1)OCCC2NC1CCCC1. The molecule has 0 aromatic heterocycles. The Hall–Kier alpha value is -1.02. The molecule has 2 nitrogen and oxygen atoms in total. The molecule has 16 heavy (non-hydrogen) atoms. The Morgan fingerprint density at radius 1 is 1.06 bits per heavy atom. The molecule has 0 spiro atoms. The van der Waals surface area contributed by atoms with Crippen LogP contribution in [-0.4, -0.2) is 12.6 Å². The normalized spacial score (nSPS) is 25.1. The van der Waals surface area contributed by atoms with Crippen LogP contribution in [0.25, 0.3) is 0 Å². The van der Waals surface area contributed by atoms with Crippen molar-refractivity contribution in [1.82, 2.24) is 5.32 Å². The summed E-state index contributed by atoms with van der Waals surface area (Å²) in [5.41, 5.74) is 1.35. The Balaban J connectivity index is 1.76. The number of hydrogen-bond donors (Lipinski definition) is 1. The highest BCUT2D eigenvalue weighted by atomic mass is 16.5. The van der Waals surface area contributed by atoms with Gasteiger partial charge in [-0.3, -0.25) is 0 Å². The van der Waals surface area contributed by atoms with Gasteiger partial charge in [0, 0.05) is 24.1 Å². The number of fused-ring (bicyclic) bond motifs is 1. The molecular formula is C14H19NO. The van der Waals surface area contributed by atoms with Gasteiger partial charge in [-0.15, -0.1) is 0 Å². The lowest BCUT2D eigenvalue weighted by Gasteiger charge is -2.29. The van der Waals surface area contributed by atoms with Crippen LogP contribution in [0.15, 0.2) is 24.3 Å². The van der Waals surface area contributed by atoms with Gasteiger partial charge in [-0.1, -0.05) is 31.0 Å². The molecule has 1 N–H and O–H groups in total. The van der Waals surface area contributed by atoms with Gasteiger partial charge in [0.15, 0.2) is 0 Å². The lowest BCUT2D eigenvalue weighted by Crippen LogP contribution is -2.33. The fourth-order valence-corrected chi connectivity index (χ4v) is 2.89. The maximum atomic E-state index is 5.68. The number of benzene rings is 1. The Labute approximate surface area is 97.0 Å². The van der Waals surface area contributed by atoms with Crippen LogP contribution in [0.4, 0.5) is 0 Å². The van der Waals surface area contributed by atoms with E-state index in [1.54, 1.807) is 0 Å². The van der Waals surface area contributed by atoms with Gasteiger partial charge in [-0.2, -0.15) is 0 Å². The molecule has 3 rings (SSSR count). The van der Waals surface area contributed by atoms with Crippen LogP contribution < -0.4 is 10.1 Å². The second-order valence-corrected chi connectivity index (χ2v) is 4.88. The molecule has 1 heterocycles. The van der Waals surface area contributed by atoms with Crippen molar-refractivity contribution in [2.75, 3.05) is 6.61 Å². The fraction of sp³-hybridized carbons (Fsp3) is 0.571. The number of para-hydroxylation sites is 1. The summed E-state index contributed by atoms with van der Waals surface area (Å²) >= 11 is 0. The highest BCUT2D eigenvalue weighted by Crippen LogP contribution is 2.33. The van der Waals surface area contributed by atoms with Crippen LogP contribution in [0.3, 0.4) is 0 Å². The van der Waals surface area contributed by atoms with Gasteiger partial charge in [0.1, 0.15) is 5.75 Å². The van der Waals surface area contributed by atoms with Crippen molar-refractivity contribution >= 4 is 0 Å². The van der Waals surface area contributed by atoms with Crippen molar-refractivity contribution in [3.05, 3.63) is 29.8 Å². The van der Waals surface area contributed by atoms with Gasteiger partial charge >= 0.3 is 0 Å². The zero-order valence-corrected chi connectivity index (χ0v) is 9.61. The first-order valence-electron chi connectivity index (χ1n) is 6.41. The number of nitrogens with one attached hydrogen (secondary N) is 1. The summed E-state index contributed by atoms with van der Waals surface area (Å²) in [5.74, 6) is 1.07. The molecule has 0 amide bonds. The Bertz CT molecular complexity index is 358. The predicted octanol–water partition coefficient (Wildman–Crippen LogP) is 3.04. The van der Waals surface area contributed by atoms with E-state index in [4.69, 9.17) is 4.74 Å². The molecule has 1 unspecified atom stereocenters. The number of ether oxygens (including phenoxy) is 1. The predicted molar refractivity (Wildman–Crippen MR) is 64.7 cm³/mol. The zero-order valence-electron chi connectivity index (χ0n) is 9.61. The molecule has 2 heteroatoms. The van der Waals surface area contributed by atoms with E-state index in [0.29, 0.717) is 6.04 Å². The molecule has 1 aliphatic carbocycles.